The van der Waals surface area contributed by atoms with E-state index in [9.17, 15) is 4.79 Å². The summed E-state index contributed by atoms with van der Waals surface area (Å²) in [4.78, 5) is 14.7. The molecule has 76 valence electrons. The first-order chi connectivity index (χ1) is 6.66. The predicted molar refractivity (Wildman–Crippen MR) is 50.1 cm³/mol. The lowest BCUT2D eigenvalue weighted by Crippen LogP contribution is -2.32. The van der Waals surface area contributed by atoms with E-state index in [1.807, 2.05) is 0 Å². The van der Waals surface area contributed by atoms with E-state index in [0.29, 0.717) is 5.82 Å². The quantitative estimate of drug-likeness (QED) is 0.693. The highest BCUT2D eigenvalue weighted by Gasteiger charge is 2.19. The maximum absolute atomic E-state index is 10.5. The van der Waals surface area contributed by atoms with Gasteiger partial charge in [0.2, 0.25) is 0 Å². The van der Waals surface area contributed by atoms with E-state index in [0.717, 1.165) is 17.5 Å². The maximum Gasteiger partial charge on any atom is 0.320 e. The minimum atomic E-state index is -1.02. The van der Waals surface area contributed by atoms with Crippen LogP contribution in [0, 0.1) is 0 Å². The van der Waals surface area contributed by atoms with Crippen LogP contribution in [0.4, 0.5) is 0 Å². The number of hydrogen-bond acceptors (Lipinski definition) is 5. The van der Waals surface area contributed by atoms with Crippen molar-refractivity contribution >= 4 is 17.7 Å². The first-order valence-electron chi connectivity index (χ1n) is 4.21. The Hall–Kier alpha value is -1.08. The van der Waals surface area contributed by atoms with Crippen molar-refractivity contribution in [2.45, 2.75) is 24.2 Å². The van der Waals surface area contributed by atoms with Gasteiger partial charge < -0.3 is 10.8 Å². The van der Waals surface area contributed by atoms with Gasteiger partial charge in [-0.3, -0.25) is 4.79 Å². The Morgan fingerprint density at radius 2 is 2.57 bits per heavy atom. The number of nitrogens with two attached hydrogens (primary N) is 1. The van der Waals surface area contributed by atoms with Gasteiger partial charge in [0.15, 0.2) is 11.0 Å². The molecule has 14 heavy (non-hydrogen) atoms. The third kappa shape index (κ3) is 1.73. The minimum Gasteiger partial charge on any atom is -0.480 e. The monoisotopic (exact) mass is 214 g/mol. The molecule has 0 bridgehead atoms. The van der Waals surface area contributed by atoms with Gasteiger partial charge in [0.1, 0.15) is 6.04 Å². The third-order valence-electron chi connectivity index (χ3n) is 1.94. The number of carboxylic acids is 1. The summed E-state index contributed by atoms with van der Waals surface area (Å²) >= 11 is 1.63. The molecular formula is C7H10N4O2S. The number of aliphatic carboxylic acids is 1. The van der Waals surface area contributed by atoms with Crippen molar-refractivity contribution in [2.75, 3.05) is 5.75 Å². The average molecular weight is 214 g/mol. The van der Waals surface area contributed by atoms with Crippen molar-refractivity contribution in [3.05, 3.63) is 5.82 Å². The molecule has 3 N–H and O–H groups in total. The number of nitrogens with zero attached hydrogens (tertiary/aromatic N) is 3. The van der Waals surface area contributed by atoms with Crippen molar-refractivity contribution in [1.82, 2.24) is 14.8 Å². The Morgan fingerprint density at radius 1 is 1.79 bits per heavy atom. The Labute approximate surface area is 84.5 Å². The van der Waals surface area contributed by atoms with Crippen LogP contribution in [0.3, 0.4) is 0 Å². The number of carboxylic acid groups (broad SMARTS) is 1. The van der Waals surface area contributed by atoms with Crippen LogP contribution in [0.2, 0.25) is 0 Å². The smallest absolute Gasteiger partial charge is 0.320 e. The lowest BCUT2D eigenvalue weighted by Gasteiger charge is -2.01. The van der Waals surface area contributed by atoms with E-state index in [2.05, 4.69) is 10.1 Å². The molecule has 0 amide bonds. The molecule has 2 heterocycles. The minimum absolute atomic E-state index is 0.190. The average Bonchev–Trinajstić information content (AvgIpc) is 2.63. The standard InChI is InChI=1S/C7H10N4O2S/c8-4(6(12)13)3-5-9-7-11(10-5)1-2-14-7/h4H,1-3,8H2,(H,12,13). The highest BCUT2D eigenvalue weighted by Crippen LogP contribution is 2.22. The Balaban J connectivity index is 2.07. The Bertz CT molecular complexity index is 343. The summed E-state index contributed by atoms with van der Waals surface area (Å²) in [7, 11) is 0. The normalized spacial score (nSPS) is 16.6. The van der Waals surface area contributed by atoms with Gasteiger partial charge >= 0.3 is 5.97 Å². The van der Waals surface area contributed by atoms with Gasteiger partial charge in [0, 0.05) is 12.2 Å². The molecule has 0 fully saturated rings. The number of aryl methyl sites for hydroxylation is 1. The topological polar surface area (TPSA) is 94.0 Å². The van der Waals surface area contributed by atoms with Crippen molar-refractivity contribution in [3.63, 3.8) is 0 Å². The summed E-state index contributed by atoms with van der Waals surface area (Å²) in [6, 6.07) is -0.914. The summed E-state index contributed by atoms with van der Waals surface area (Å²) < 4.78 is 1.79. The molecular weight excluding hydrogens is 204 g/mol. The zero-order valence-electron chi connectivity index (χ0n) is 7.38. The zero-order chi connectivity index (χ0) is 10.1. The summed E-state index contributed by atoms with van der Waals surface area (Å²) in [6.45, 7) is 0.843. The lowest BCUT2D eigenvalue weighted by atomic mass is 10.2. The van der Waals surface area contributed by atoms with Crippen LogP contribution in [0.5, 0.6) is 0 Å². The first kappa shape index (κ1) is 9.47. The molecule has 1 aliphatic rings. The molecule has 0 saturated carbocycles. The molecule has 6 nitrogen and oxygen atoms in total. The molecule has 0 aromatic carbocycles. The zero-order valence-corrected chi connectivity index (χ0v) is 8.20. The van der Waals surface area contributed by atoms with Crippen LogP contribution in [0.25, 0.3) is 0 Å². The number of rotatable bonds is 3. The van der Waals surface area contributed by atoms with E-state index in [1.54, 1.807) is 16.4 Å². The van der Waals surface area contributed by atoms with Crippen LogP contribution in [0.15, 0.2) is 5.16 Å². The molecule has 1 aromatic heterocycles. The van der Waals surface area contributed by atoms with E-state index in [1.165, 1.54) is 0 Å². The largest absolute Gasteiger partial charge is 0.480 e. The van der Waals surface area contributed by atoms with Crippen molar-refractivity contribution in [2.24, 2.45) is 5.73 Å². The number of carbonyl (C=O) groups is 1. The van der Waals surface area contributed by atoms with Crippen LogP contribution in [-0.4, -0.2) is 37.6 Å². The maximum atomic E-state index is 10.5. The van der Waals surface area contributed by atoms with Crippen molar-refractivity contribution in [1.29, 1.82) is 0 Å². The van der Waals surface area contributed by atoms with Crippen LogP contribution in [0.1, 0.15) is 5.82 Å². The summed E-state index contributed by atoms with van der Waals surface area (Å²) in [5.41, 5.74) is 5.37. The van der Waals surface area contributed by atoms with E-state index in [-0.39, 0.29) is 6.42 Å². The number of hydrogen-bond donors (Lipinski definition) is 2. The highest BCUT2D eigenvalue weighted by molar-refractivity contribution is 7.99. The fraction of sp³-hybridized carbons (Fsp3) is 0.571. The fourth-order valence-electron chi connectivity index (χ4n) is 1.22. The van der Waals surface area contributed by atoms with Gasteiger partial charge in [-0.15, -0.1) is 0 Å². The molecule has 0 spiro atoms. The first-order valence-corrected chi connectivity index (χ1v) is 5.20. The van der Waals surface area contributed by atoms with Crippen LogP contribution >= 0.6 is 11.8 Å². The predicted octanol–water partition coefficient (Wildman–Crippen LogP) is -0.662. The number of fused-ring (bicyclic) bond motifs is 1. The number of aromatic nitrogens is 3. The third-order valence-corrected chi connectivity index (χ3v) is 2.88. The van der Waals surface area contributed by atoms with Gasteiger partial charge in [-0.2, -0.15) is 5.10 Å². The van der Waals surface area contributed by atoms with E-state index < -0.39 is 12.0 Å². The van der Waals surface area contributed by atoms with Gasteiger partial charge in [-0.25, -0.2) is 9.67 Å². The van der Waals surface area contributed by atoms with E-state index in [4.69, 9.17) is 10.8 Å². The van der Waals surface area contributed by atoms with Crippen LogP contribution in [-0.2, 0) is 17.8 Å². The summed E-state index contributed by atoms with van der Waals surface area (Å²) in [6.07, 6.45) is 0.190. The van der Waals surface area contributed by atoms with E-state index >= 15 is 0 Å². The molecule has 1 aliphatic heterocycles. The Kier molecular flexibility index (Phi) is 2.42. The van der Waals surface area contributed by atoms with Crippen LogP contribution < -0.4 is 5.73 Å². The van der Waals surface area contributed by atoms with Gasteiger partial charge in [0.05, 0.1) is 6.54 Å². The number of thioether (sulfide) groups is 1. The molecule has 0 radical (unpaired) electrons. The fourth-order valence-corrected chi connectivity index (χ4v) is 2.12. The molecule has 1 unspecified atom stereocenters. The van der Waals surface area contributed by atoms with Gasteiger partial charge in [0.25, 0.3) is 0 Å². The highest BCUT2D eigenvalue weighted by atomic mass is 32.2. The molecule has 2 rings (SSSR count). The summed E-state index contributed by atoms with van der Waals surface area (Å²) in [5, 5.41) is 13.6. The molecule has 1 aromatic rings. The van der Waals surface area contributed by atoms with Gasteiger partial charge in [-0.05, 0) is 0 Å². The second kappa shape index (κ2) is 3.58. The second-order valence-corrected chi connectivity index (χ2v) is 4.09. The lowest BCUT2D eigenvalue weighted by molar-refractivity contribution is -0.138. The van der Waals surface area contributed by atoms with Crippen molar-refractivity contribution in [3.8, 4) is 0 Å². The van der Waals surface area contributed by atoms with Gasteiger partial charge in [-0.1, -0.05) is 11.8 Å². The SMILES string of the molecule is NC(Cc1nc2n(n1)CCS2)C(=O)O. The molecule has 1 atom stereocenters. The Morgan fingerprint density at radius 3 is 3.21 bits per heavy atom. The molecule has 0 aliphatic carbocycles. The van der Waals surface area contributed by atoms with Crippen molar-refractivity contribution < 1.29 is 9.90 Å². The molecule has 0 saturated heterocycles. The molecule has 7 heteroatoms. The second-order valence-electron chi connectivity index (χ2n) is 3.03. The summed E-state index contributed by atoms with van der Waals surface area (Å²) in [5.74, 6) is 0.482.